The molecule has 84 valence electrons. The van der Waals surface area contributed by atoms with E-state index >= 15 is 0 Å². The number of aliphatic hydroxyl groups is 1. The number of hydrogen-bond donors (Lipinski definition) is 2. The predicted octanol–water partition coefficient (Wildman–Crippen LogP) is 0.653. The quantitative estimate of drug-likeness (QED) is 0.784. The number of nitrogens with zero attached hydrogens (tertiary/aromatic N) is 2. The standard InChI is InChI=1S/C11H12N2O3/c14-10(11(15)16)8-2-1-3-9(6-8)13-5-4-12-7-13/h1-3,6-7,10,14H,4-5H2,(H,15,16). The number of aliphatic carboxylic acids is 1. The summed E-state index contributed by atoms with van der Waals surface area (Å²) < 4.78 is 0. The summed E-state index contributed by atoms with van der Waals surface area (Å²) in [6.45, 7) is 1.53. The number of rotatable bonds is 3. The molecule has 5 nitrogen and oxygen atoms in total. The molecular formula is C11H12N2O3. The third kappa shape index (κ3) is 2.04. The maximum atomic E-state index is 10.6. The van der Waals surface area contributed by atoms with Crippen molar-refractivity contribution in [3.63, 3.8) is 0 Å². The summed E-state index contributed by atoms with van der Waals surface area (Å²) in [6.07, 6.45) is 0.242. The summed E-state index contributed by atoms with van der Waals surface area (Å²) in [4.78, 5) is 16.6. The van der Waals surface area contributed by atoms with Crippen molar-refractivity contribution >= 4 is 18.0 Å². The first-order valence-electron chi connectivity index (χ1n) is 4.96. The van der Waals surface area contributed by atoms with Crippen molar-refractivity contribution in [2.24, 2.45) is 4.99 Å². The lowest BCUT2D eigenvalue weighted by Gasteiger charge is -2.15. The first-order valence-corrected chi connectivity index (χ1v) is 4.96. The average Bonchev–Trinajstić information content (AvgIpc) is 2.81. The molecule has 0 fully saturated rings. The number of anilines is 1. The number of carbonyl (C=O) groups is 1. The Balaban J connectivity index is 2.25. The van der Waals surface area contributed by atoms with Gasteiger partial charge in [0.15, 0.2) is 6.10 Å². The fourth-order valence-electron chi connectivity index (χ4n) is 1.59. The van der Waals surface area contributed by atoms with Crippen LogP contribution in [0.3, 0.4) is 0 Å². The number of carboxylic acids is 1. The van der Waals surface area contributed by atoms with Gasteiger partial charge < -0.3 is 15.1 Å². The SMILES string of the molecule is O=C(O)C(O)c1cccc(N2C=NCC2)c1. The van der Waals surface area contributed by atoms with E-state index in [1.807, 2.05) is 11.0 Å². The number of hydrogen-bond acceptors (Lipinski definition) is 4. The molecule has 1 heterocycles. The summed E-state index contributed by atoms with van der Waals surface area (Å²) in [5, 5.41) is 18.1. The third-order valence-corrected chi connectivity index (χ3v) is 2.44. The van der Waals surface area contributed by atoms with Gasteiger partial charge in [0, 0.05) is 12.2 Å². The fourth-order valence-corrected chi connectivity index (χ4v) is 1.59. The number of carboxylic acid groups (broad SMARTS) is 1. The largest absolute Gasteiger partial charge is 0.479 e. The monoisotopic (exact) mass is 220 g/mol. The Morgan fingerprint density at radius 3 is 2.94 bits per heavy atom. The van der Waals surface area contributed by atoms with E-state index < -0.39 is 12.1 Å². The second-order valence-corrected chi connectivity index (χ2v) is 3.55. The highest BCUT2D eigenvalue weighted by Crippen LogP contribution is 2.21. The molecule has 2 N–H and O–H groups in total. The molecule has 0 saturated heterocycles. The molecule has 0 spiro atoms. The van der Waals surface area contributed by atoms with Gasteiger partial charge in [-0.2, -0.15) is 0 Å². The molecule has 1 aromatic carbocycles. The summed E-state index contributed by atoms with van der Waals surface area (Å²) in [5.41, 5.74) is 1.23. The molecule has 1 aliphatic rings. The number of benzene rings is 1. The van der Waals surface area contributed by atoms with Gasteiger partial charge in [-0.3, -0.25) is 4.99 Å². The zero-order chi connectivity index (χ0) is 11.5. The van der Waals surface area contributed by atoms with Crippen molar-refractivity contribution in [3.8, 4) is 0 Å². The lowest BCUT2D eigenvalue weighted by Crippen LogP contribution is -2.19. The van der Waals surface area contributed by atoms with Crippen LogP contribution in [-0.2, 0) is 4.79 Å². The molecule has 0 saturated carbocycles. The topological polar surface area (TPSA) is 73.1 Å². The highest BCUT2D eigenvalue weighted by Gasteiger charge is 2.17. The lowest BCUT2D eigenvalue weighted by atomic mass is 10.1. The van der Waals surface area contributed by atoms with Crippen LogP contribution in [0.1, 0.15) is 11.7 Å². The molecule has 0 aliphatic carbocycles. The minimum Gasteiger partial charge on any atom is -0.479 e. The smallest absolute Gasteiger partial charge is 0.337 e. The zero-order valence-corrected chi connectivity index (χ0v) is 8.58. The highest BCUT2D eigenvalue weighted by molar-refractivity contribution is 5.82. The molecule has 2 rings (SSSR count). The summed E-state index contributed by atoms with van der Waals surface area (Å²) in [5.74, 6) is -1.24. The van der Waals surface area contributed by atoms with Gasteiger partial charge in [0.25, 0.3) is 0 Å². The second-order valence-electron chi connectivity index (χ2n) is 3.55. The Hall–Kier alpha value is -1.88. The summed E-state index contributed by atoms with van der Waals surface area (Å²) in [7, 11) is 0. The van der Waals surface area contributed by atoms with E-state index in [-0.39, 0.29) is 0 Å². The van der Waals surface area contributed by atoms with Crippen LogP contribution in [0.25, 0.3) is 0 Å². The minimum atomic E-state index is -1.47. The Morgan fingerprint density at radius 2 is 2.31 bits per heavy atom. The van der Waals surface area contributed by atoms with Crippen molar-refractivity contribution in [1.82, 2.24) is 0 Å². The molecule has 1 unspecified atom stereocenters. The molecule has 16 heavy (non-hydrogen) atoms. The maximum Gasteiger partial charge on any atom is 0.337 e. The molecule has 1 aromatic rings. The van der Waals surface area contributed by atoms with Gasteiger partial charge >= 0.3 is 5.97 Å². The van der Waals surface area contributed by atoms with E-state index in [1.165, 1.54) is 0 Å². The first kappa shape index (κ1) is 10.6. The lowest BCUT2D eigenvalue weighted by molar-refractivity contribution is -0.146. The van der Waals surface area contributed by atoms with E-state index in [0.717, 1.165) is 18.8 Å². The fraction of sp³-hybridized carbons (Fsp3) is 0.273. The van der Waals surface area contributed by atoms with E-state index in [4.69, 9.17) is 5.11 Å². The molecule has 1 aliphatic heterocycles. The van der Waals surface area contributed by atoms with Crippen LogP contribution in [0.5, 0.6) is 0 Å². The van der Waals surface area contributed by atoms with Crippen molar-refractivity contribution in [3.05, 3.63) is 29.8 Å². The Labute approximate surface area is 92.7 Å². The van der Waals surface area contributed by atoms with Crippen LogP contribution < -0.4 is 4.90 Å². The Morgan fingerprint density at radius 1 is 1.50 bits per heavy atom. The van der Waals surface area contributed by atoms with Gasteiger partial charge in [-0.15, -0.1) is 0 Å². The molecule has 0 aromatic heterocycles. The van der Waals surface area contributed by atoms with Crippen LogP contribution in [0.4, 0.5) is 5.69 Å². The summed E-state index contributed by atoms with van der Waals surface area (Å²) >= 11 is 0. The van der Waals surface area contributed by atoms with Crippen molar-refractivity contribution in [2.45, 2.75) is 6.10 Å². The third-order valence-electron chi connectivity index (χ3n) is 2.44. The predicted molar refractivity (Wildman–Crippen MR) is 59.7 cm³/mol. The van der Waals surface area contributed by atoms with Gasteiger partial charge in [-0.1, -0.05) is 12.1 Å². The van der Waals surface area contributed by atoms with Gasteiger partial charge in [-0.25, -0.2) is 4.79 Å². The van der Waals surface area contributed by atoms with Crippen LogP contribution in [0.15, 0.2) is 29.3 Å². The highest BCUT2D eigenvalue weighted by atomic mass is 16.4. The van der Waals surface area contributed by atoms with E-state index in [0.29, 0.717) is 5.56 Å². The van der Waals surface area contributed by atoms with E-state index in [1.54, 1.807) is 24.5 Å². The molecule has 0 bridgehead atoms. The van der Waals surface area contributed by atoms with Crippen LogP contribution in [0, 0.1) is 0 Å². The maximum absolute atomic E-state index is 10.6. The number of aliphatic hydroxyl groups excluding tert-OH is 1. The Bertz CT molecular complexity index is 414. The molecule has 5 heteroatoms. The van der Waals surface area contributed by atoms with Crippen molar-refractivity contribution in [1.29, 1.82) is 0 Å². The van der Waals surface area contributed by atoms with Gasteiger partial charge in [-0.05, 0) is 17.7 Å². The molecular weight excluding hydrogens is 208 g/mol. The van der Waals surface area contributed by atoms with E-state index in [2.05, 4.69) is 4.99 Å². The Kier molecular flexibility index (Phi) is 2.87. The average molecular weight is 220 g/mol. The summed E-state index contributed by atoms with van der Waals surface area (Å²) in [6, 6.07) is 6.84. The first-order chi connectivity index (χ1) is 7.68. The van der Waals surface area contributed by atoms with Crippen LogP contribution >= 0.6 is 0 Å². The van der Waals surface area contributed by atoms with Gasteiger partial charge in [0.05, 0.1) is 12.9 Å². The van der Waals surface area contributed by atoms with Crippen molar-refractivity contribution in [2.75, 3.05) is 18.0 Å². The zero-order valence-electron chi connectivity index (χ0n) is 8.58. The van der Waals surface area contributed by atoms with Gasteiger partial charge in [0.2, 0.25) is 0 Å². The molecule has 0 amide bonds. The second kappa shape index (κ2) is 4.32. The minimum absolute atomic E-state index is 0.380. The normalized spacial score (nSPS) is 16.4. The van der Waals surface area contributed by atoms with Crippen molar-refractivity contribution < 1.29 is 15.0 Å². The molecule has 1 atom stereocenters. The van der Waals surface area contributed by atoms with Crippen LogP contribution in [0.2, 0.25) is 0 Å². The van der Waals surface area contributed by atoms with Gasteiger partial charge in [0.1, 0.15) is 0 Å². The van der Waals surface area contributed by atoms with Crippen LogP contribution in [-0.4, -0.2) is 35.6 Å². The number of aliphatic imine (C=N–C) groups is 1. The molecule has 0 radical (unpaired) electrons. The van der Waals surface area contributed by atoms with E-state index in [9.17, 15) is 9.90 Å².